The molecular formula is C17H22FNO2. The molecule has 1 amide bonds. The minimum Gasteiger partial charge on any atom is -0.374 e. The van der Waals surface area contributed by atoms with Gasteiger partial charge in [0.05, 0.1) is 23.7 Å². The number of carbonyl (C=O) groups is 1. The van der Waals surface area contributed by atoms with E-state index in [9.17, 15) is 9.18 Å². The SMILES string of the molecule is CC1CN(C(=O)C2(c3ccccc3F)CC2)C(C)(C)CO1. The maximum atomic E-state index is 14.1. The van der Waals surface area contributed by atoms with Crippen LogP contribution in [0.15, 0.2) is 24.3 Å². The standard InChI is InChI=1S/C17H22FNO2/c1-12-10-19(16(2,3)11-21-12)15(20)17(8-9-17)13-6-4-5-7-14(13)18/h4-7,12H,8-11H2,1-3H3. The first-order chi connectivity index (χ1) is 9.87. The second-order valence-corrected chi connectivity index (χ2v) is 6.91. The molecule has 3 nitrogen and oxygen atoms in total. The maximum absolute atomic E-state index is 14.1. The van der Waals surface area contributed by atoms with Crippen LogP contribution in [0.4, 0.5) is 4.39 Å². The van der Waals surface area contributed by atoms with Crippen molar-refractivity contribution in [1.82, 2.24) is 4.90 Å². The van der Waals surface area contributed by atoms with E-state index in [-0.39, 0.29) is 23.4 Å². The summed E-state index contributed by atoms with van der Waals surface area (Å²) in [6.45, 7) is 7.08. The third-order valence-corrected chi connectivity index (χ3v) is 4.69. The molecule has 1 aliphatic carbocycles. The number of rotatable bonds is 2. The number of ether oxygens (including phenoxy) is 1. The van der Waals surface area contributed by atoms with Crippen molar-refractivity contribution in [3.8, 4) is 0 Å². The van der Waals surface area contributed by atoms with Gasteiger partial charge in [-0.05, 0) is 39.7 Å². The van der Waals surface area contributed by atoms with Crippen LogP contribution in [0.5, 0.6) is 0 Å². The zero-order valence-corrected chi connectivity index (χ0v) is 12.9. The van der Waals surface area contributed by atoms with Gasteiger partial charge in [0.1, 0.15) is 5.82 Å². The van der Waals surface area contributed by atoms with E-state index in [4.69, 9.17) is 4.74 Å². The summed E-state index contributed by atoms with van der Waals surface area (Å²) in [5.41, 5.74) is -0.450. The Morgan fingerprint density at radius 1 is 1.33 bits per heavy atom. The second kappa shape index (κ2) is 4.80. The number of amides is 1. The van der Waals surface area contributed by atoms with E-state index in [1.165, 1.54) is 6.07 Å². The number of morpholine rings is 1. The molecule has 1 saturated heterocycles. The first kappa shape index (κ1) is 14.5. The number of halogens is 1. The lowest BCUT2D eigenvalue weighted by atomic mass is 9.90. The molecule has 3 rings (SSSR count). The predicted molar refractivity (Wildman–Crippen MR) is 78.5 cm³/mol. The Balaban J connectivity index is 1.93. The molecule has 1 aromatic carbocycles. The monoisotopic (exact) mass is 291 g/mol. The van der Waals surface area contributed by atoms with Crippen molar-refractivity contribution in [2.24, 2.45) is 0 Å². The van der Waals surface area contributed by atoms with Gasteiger partial charge in [-0.3, -0.25) is 4.79 Å². The summed E-state index contributed by atoms with van der Waals surface area (Å²) in [6, 6.07) is 6.66. The van der Waals surface area contributed by atoms with Crippen molar-refractivity contribution in [1.29, 1.82) is 0 Å². The molecule has 4 heteroatoms. The highest BCUT2D eigenvalue weighted by Gasteiger charge is 2.56. The molecule has 0 radical (unpaired) electrons. The molecule has 0 N–H and O–H groups in total. The van der Waals surface area contributed by atoms with E-state index < -0.39 is 5.41 Å². The third-order valence-electron chi connectivity index (χ3n) is 4.69. The van der Waals surface area contributed by atoms with Gasteiger partial charge >= 0.3 is 0 Å². The predicted octanol–water partition coefficient (Wildman–Crippen LogP) is 2.88. The number of benzene rings is 1. The Bertz CT molecular complexity index is 566. The van der Waals surface area contributed by atoms with E-state index in [0.717, 1.165) is 12.8 Å². The van der Waals surface area contributed by atoms with E-state index in [0.29, 0.717) is 18.7 Å². The molecular weight excluding hydrogens is 269 g/mol. The maximum Gasteiger partial charge on any atom is 0.233 e. The molecule has 1 atom stereocenters. The zero-order valence-electron chi connectivity index (χ0n) is 12.9. The molecule has 2 aliphatic rings. The van der Waals surface area contributed by atoms with Gasteiger partial charge in [0.15, 0.2) is 0 Å². The van der Waals surface area contributed by atoms with Crippen molar-refractivity contribution >= 4 is 5.91 Å². The first-order valence-electron chi connectivity index (χ1n) is 7.55. The molecule has 0 spiro atoms. The van der Waals surface area contributed by atoms with Crippen molar-refractivity contribution < 1.29 is 13.9 Å². The van der Waals surface area contributed by atoms with Crippen molar-refractivity contribution in [2.45, 2.75) is 50.7 Å². The number of nitrogens with zero attached hydrogens (tertiary/aromatic N) is 1. The topological polar surface area (TPSA) is 29.5 Å². The zero-order chi connectivity index (χ0) is 15.3. The number of hydrogen-bond donors (Lipinski definition) is 0. The van der Waals surface area contributed by atoms with Crippen molar-refractivity contribution in [3.05, 3.63) is 35.6 Å². The summed E-state index contributed by atoms with van der Waals surface area (Å²) >= 11 is 0. The van der Waals surface area contributed by atoms with E-state index in [1.807, 2.05) is 25.7 Å². The van der Waals surface area contributed by atoms with Crippen molar-refractivity contribution in [3.63, 3.8) is 0 Å². The molecule has 0 aromatic heterocycles. The summed E-state index contributed by atoms with van der Waals surface area (Å²) in [5.74, 6) is -0.227. The molecule has 21 heavy (non-hydrogen) atoms. The molecule has 1 unspecified atom stereocenters. The van der Waals surface area contributed by atoms with Gasteiger partial charge < -0.3 is 9.64 Å². The average molecular weight is 291 g/mol. The van der Waals surface area contributed by atoms with Crippen molar-refractivity contribution in [2.75, 3.05) is 13.2 Å². The normalized spacial score (nSPS) is 26.5. The van der Waals surface area contributed by atoms with Crippen LogP contribution in [0, 0.1) is 5.82 Å². The summed E-state index contributed by atoms with van der Waals surface area (Å²) in [7, 11) is 0. The second-order valence-electron chi connectivity index (χ2n) is 6.91. The van der Waals surface area contributed by atoms with Gasteiger partial charge in [0.2, 0.25) is 5.91 Å². The van der Waals surface area contributed by atoms with Crippen LogP contribution in [-0.4, -0.2) is 35.6 Å². The molecule has 1 aliphatic heterocycles. The Labute approximate surface area is 125 Å². The molecule has 1 aromatic rings. The van der Waals surface area contributed by atoms with E-state index in [1.54, 1.807) is 18.2 Å². The number of carbonyl (C=O) groups excluding carboxylic acids is 1. The fourth-order valence-electron chi connectivity index (χ4n) is 3.17. The summed E-state index contributed by atoms with van der Waals surface area (Å²) in [6.07, 6.45) is 1.49. The van der Waals surface area contributed by atoms with E-state index >= 15 is 0 Å². The molecule has 114 valence electrons. The Morgan fingerprint density at radius 2 is 2.00 bits per heavy atom. The minimum absolute atomic E-state index is 0.0263. The van der Waals surface area contributed by atoms with Gasteiger partial charge in [0.25, 0.3) is 0 Å². The lowest BCUT2D eigenvalue weighted by Gasteiger charge is -2.46. The quantitative estimate of drug-likeness (QED) is 0.838. The third kappa shape index (κ3) is 2.35. The number of hydrogen-bond acceptors (Lipinski definition) is 2. The molecule has 1 heterocycles. The van der Waals surface area contributed by atoms with Crippen LogP contribution in [0.1, 0.15) is 39.2 Å². The van der Waals surface area contributed by atoms with Gasteiger partial charge in [-0.1, -0.05) is 18.2 Å². The van der Waals surface area contributed by atoms with Crippen LogP contribution < -0.4 is 0 Å². The highest BCUT2D eigenvalue weighted by Crippen LogP contribution is 2.51. The first-order valence-corrected chi connectivity index (χ1v) is 7.55. The van der Waals surface area contributed by atoms with Crippen LogP contribution in [0.3, 0.4) is 0 Å². The Morgan fingerprint density at radius 3 is 2.62 bits per heavy atom. The summed E-state index contributed by atoms with van der Waals surface area (Å²) in [4.78, 5) is 15.0. The van der Waals surface area contributed by atoms with Gasteiger partial charge in [-0.15, -0.1) is 0 Å². The highest BCUT2D eigenvalue weighted by molar-refractivity contribution is 5.92. The van der Waals surface area contributed by atoms with Crippen LogP contribution in [-0.2, 0) is 14.9 Å². The Kier molecular flexibility index (Phi) is 3.32. The van der Waals surface area contributed by atoms with Gasteiger partial charge in [-0.25, -0.2) is 4.39 Å². The summed E-state index contributed by atoms with van der Waals surface area (Å²) in [5, 5.41) is 0. The van der Waals surface area contributed by atoms with E-state index in [2.05, 4.69) is 0 Å². The van der Waals surface area contributed by atoms with Crippen LogP contribution in [0.2, 0.25) is 0 Å². The Hall–Kier alpha value is -1.42. The summed E-state index contributed by atoms with van der Waals surface area (Å²) < 4.78 is 19.8. The highest BCUT2D eigenvalue weighted by atomic mass is 19.1. The minimum atomic E-state index is -0.653. The largest absolute Gasteiger partial charge is 0.374 e. The fraction of sp³-hybridized carbons (Fsp3) is 0.588. The van der Waals surface area contributed by atoms with Crippen LogP contribution >= 0.6 is 0 Å². The van der Waals surface area contributed by atoms with Crippen LogP contribution in [0.25, 0.3) is 0 Å². The molecule has 0 bridgehead atoms. The van der Waals surface area contributed by atoms with Gasteiger partial charge in [-0.2, -0.15) is 0 Å². The molecule has 1 saturated carbocycles. The lowest BCUT2D eigenvalue weighted by molar-refractivity contribution is -0.155. The lowest BCUT2D eigenvalue weighted by Crippen LogP contribution is -2.60. The average Bonchev–Trinajstić information content (AvgIpc) is 3.23. The molecule has 2 fully saturated rings. The smallest absolute Gasteiger partial charge is 0.233 e. The van der Waals surface area contributed by atoms with Gasteiger partial charge in [0, 0.05) is 12.1 Å². The fourth-order valence-corrected chi connectivity index (χ4v) is 3.17.